The topological polar surface area (TPSA) is 232 Å². The van der Waals surface area contributed by atoms with Crippen LogP contribution >= 0.6 is 0 Å². The van der Waals surface area contributed by atoms with Gasteiger partial charge in [-0.25, -0.2) is 4.79 Å². The quantitative estimate of drug-likeness (QED) is 0.177. The van der Waals surface area contributed by atoms with E-state index in [1.807, 2.05) is 30.3 Å². The Morgan fingerprint density at radius 3 is 2.30 bits per heavy atom. The highest BCUT2D eigenvalue weighted by atomic mass is 16.7. The van der Waals surface area contributed by atoms with E-state index in [2.05, 4.69) is 33.0 Å². The van der Waals surface area contributed by atoms with Crippen molar-refractivity contribution in [1.82, 2.24) is 5.32 Å². The summed E-state index contributed by atoms with van der Waals surface area (Å²) in [5.74, 6) is 1.77. The van der Waals surface area contributed by atoms with Crippen molar-refractivity contribution < 1.29 is 73.4 Å². The second-order valence-corrected chi connectivity index (χ2v) is 20.9. The number of alkyl carbamates (subject to hydrolysis) is 1. The van der Waals surface area contributed by atoms with Gasteiger partial charge in [0.25, 0.3) is 0 Å². The number of benzene rings is 1. The zero-order valence-corrected chi connectivity index (χ0v) is 36.9. The second-order valence-electron chi connectivity index (χ2n) is 20.9. The van der Waals surface area contributed by atoms with E-state index in [1.54, 1.807) is 0 Å². The van der Waals surface area contributed by atoms with Crippen molar-refractivity contribution in [2.75, 3.05) is 19.8 Å². The summed E-state index contributed by atoms with van der Waals surface area (Å²) in [7, 11) is 0. The fourth-order valence-corrected chi connectivity index (χ4v) is 14.0. The summed E-state index contributed by atoms with van der Waals surface area (Å²) in [6, 6.07) is 9.14. The average Bonchev–Trinajstić information content (AvgIpc) is 3.71. The van der Waals surface area contributed by atoms with Gasteiger partial charge in [-0.2, -0.15) is 0 Å². The largest absolute Gasteiger partial charge is 0.447 e. The number of ether oxygens (including phenoxy) is 7. The molecule has 0 bridgehead atoms. The number of hydrogen-bond acceptors (Lipinski definition) is 15. The molecule has 8 aliphatic rings. The lowest BCUT2D eigenvalue weighted by molar-refractivity contribution is -0.364. The molecule has 16 heteroatoms. The van der Waals surface area contributed by atoms with Crippen LogP contribution in [0.4, 0.5) is 4.79 Å². The van der Waals surface area contributed by atoms with Gasteiger partial charge in [0.05, 0.1) is 25.4 Å². The first-order valence-electron chi connectivity index (χ1n) is 23.5. The fourth-order valence-electron chi connectivity index (χ4n) is 14.0. The zero-order chi connectivity index (χ0) is 44.6. The summed E-state index contributed by atoms with van der Waals surface area (Å²) in [4.78, 5) is 27.0. The number of nitrogens with one attached hydrogen (secondary N) is 1. The molecule has 4 saturated carbocycles. The maximum atomic E-state index is 14.6. The van der Waals surface area contributed by atoms with Gasteiger partial charge in [-0.05, 0) is 90.9 Å². The highest BCUT2D eigenvalue weighted by molar-refractivity contribution is 5.84. The summed E-state index contributed by atoms with van der Waals surface area (Å²) in [5, 5.41) is 67.8. The Morgan fingerprint density at radius 2 is 1.57 bits per heavy atom. The molecule has 1 amide bonds. The van der Waals surface area contributed by atoms with Crippen molar-refractivity contribution in [2.24, 2.45) is 52.3 Å². The van der Waals surface area contributed by atoms with Crippen molar-refractivity contribution in [3.05, 3.63) is 35.9 Å². The van der Waals surface area contributed by atoms with Gasteiger partial charge in [0.2, 0.25) is 0 Å². The molecular weight excluding hydrogens is 819 g/mol. The predicted molar refractivity (Wildman–Crippen MR) is 221 cm³/mol. The first-order valence-corrected chi connectivity index (χ1v) is 23.5. The van der Waals surface area contributed by atoms with Gasteiger partial charge in [-0.15, -0.1) is 0 Å². The lowest BCUT2D eigenvalue weighted by Crippen LogP contribution is -2.65. The molecule has 9 rings (SSSR count). The Labute approximate surface area is 369 Å². The summed E-state index contributed by atoms with van der Waals surface area (Å²) in [5.41, 5.74) is 0.503. The van der Waals surface area contributed by atoms with Crippen molar-refractivity contribution in [2.45, 2.75) is 171 Å². The molecule has 8 fully saturated rings. The number of aliphatic hydroxyl groups is 6. The molecule has 1 spiro atoms. The number of amides is 1. The molecule has 352 valence electrons. The number of Topliss-reactive ketones (excluding diaryl/α,β-unsaturated/α-hetero) is 1. The number of fused-ring (bicyclic) bond motifs is 7. The molecule has 1 aromatic rings. The molecule has 4 heterocycles. The number of carbonyl (C=O) groups is 2. The molecule has 0 unspecified atom stereocenters. The van der Waals surface area contributed by atoms with Crippen LogP contribution in [-0.4, -0.2) is 142 Å². The lowest BCUT2D eigenvalue weighted by atomic mass is 9.44. The summed E-state index contributed by atoms with van der Waals surface area (Å²) >= 11 is 0. The highest BCUT2D eigenvalue weighted by Crippen LogP contribution is 2.70. The number of carbonyl (C=O) groups excluding carboxylic acids is 2. The molecule has 16 nitrogen and oxygen atoms in total. The Balaban J connectivity index is 0.798. The van der Waals surface area contributed by atoms with Crippen molar-refractivity contribution >= 4 is 11.9 Å². The minimum atomic E-state index is -1.81. The Bertz CT molecular complexity index is 1780. The Hall–Kier alpha value is -2.32. The highest BCUT2D eigenvalue weighted by Gasteiger charge is 2.71. The molecule has 4 aliphatic heterocycles. The minimum absolute atomic E-state index is 0.0416. The van der Waals surface area contributed by atoms with Gasteiger partial charge in [-0.3, -0.25) is 4.79 Å². The van der Waals surface area contributed by atoms with E-state index in [0.717, 1.165) is 50.7 Å². The monoisotopic (exact) mass is 887 g/mol. The van der Waals surface area contributed by atoms with Crippen LogP contribution in [0.15, 0.2) is 30.3 Å². The first-order chi connectivity index (χ1) is 30.1. The first kappa shape index (κ1) is 45.8. The molecule has 63 heavy (non-hydrogen) atoms. The van der Waals surface area contributed by atoms with Gasteiger partial charge < -0.3 is 69.1 Å². The molecule has 4 saturated heterocycles. The van der Waals surface area contributed by atoms with Gasteiger partial charge in [0.1, 0.15) is 61.2 Å². The number of aliphatic hydroxyl groups excluding tert-OH is 6. The molecule has 7 N–H and O–H groups in total. The third-order valence-corrected chi connectivity index (χ3v) is 17.3. The molecule has 1 aromatic carbocycles. The average molecular weight is 888 g/mol. The Morgan fingerprint density at radius 1 is 0.841 bits per heavy atom. The van der Waals surface area contributed by atoms with E-state index < -0.39 is 86.5 Å². The van der Waals surface area contributed by atoms with Gasteiger partial charge in [0.15, 0.2) is 18.4 Å². The predicted octanol–water partition coefficient (Wildman–Crippen LogP) is 2.56. The molecule has 4 aliphatic carbocycles. The molecule has 0 aromatic heterocycles. The maximum absolute atomic E-state index is 14.6. The minimum Gasteiger partial charge on any atom is -0.447 e. The van der Waals surface area contributed by atoms with Gasteiger partial charge >= 0.3 is 6.09 Å². The molecule has 0 radical (unpaired) electrons. The SMILES string of the molecule is C[C@@H]1CC[C@@]2(OC1)O[C@H]1C[C@H]3[C@@H]4CC[C@H]5C[C@@H](O[C@@H]6O[C@H](CO)[C@@H](O[C@@H]7O[C@H](COC(=O)NCc8ccccc8)[C@@H](O)[C@H](O)[C@H]7O)[C@H](O)[C@H]6O)CC[C@]5(C)[C@H]4C(=O)C[C@]3(C)[C@H]1[C@@H]2C. The second kappa shape index (κ2) is 17.7. The van der Waals surface area contributed by atoms with Crippen molar-refractivity contribution in [1.29, 1.82) is 0 Å². The van der Waals surface area contributed by atoms with E-state index in [4.69, 9.17) is 33.2 Å². The molecule has 22 atom stereocenters. The Kier molecular flexibility index (Phi) is 12.9. The lowest BCUT2D eigenvalue weighted by Gasteiger charge is -2.60. The van der Waals surface area contributed by atoms with Crippen LogP contribution in [0.1, 0.15) is 91.0 Å². The van der Waals surface area contributed by atoms with E-state index in [0.29, 0.717) is 48.7 Å². The van der Waals surface area contributed by atoms with Crippen LogP contribution in [0.5, 0.6) is 0 Å². The third-order valence-electron chi connectivity index (χ3n) is 17.3. The van der Waals surface area contributed by atoms with E-state index in [1.165, 1.54) is 0 Å². The number of ketones is 1. The fraction of sp³-hybridized carbons (Fsp3) is 0.830. The number of hydrogen-bond donors (Lipinski definition) is 7. The summed E-state index contributed by atoms with van der Waals surface area (Å²) in [6.07, 6.45) is -9.15. The summed E-state index contributed by atoms with van der Waals surface area (Å²) in [6.45, 7) is 8.91. The standard InChI is InChI=1S/C47H69NO15/c1-23-12-15-47(58-21-23)24(2)34-31(63-47)17-29-28-11-10-26-16-27(13-14-45(26,3)35(28)30(50)18-46(29,34)4)59-42-40(55)38(53)41(32(20-49)60-42)62-43-39(54)37(52)36(51)33(61-43)22-57-44(56)48-19-25-8-6-5-7-9-25/h5-9,23-24,26-29,31-43,49,51-55H,10-22H2,1-4H3,(H,48,56)/t23-,24+,26+,27+,28+,29+,31+,32-,33-,34+,35-,36-,37+,38-,39-,40-,41-,42-,43+,45+,46+,47-/m1/s1. The van der Waals surface area contributed by atoms with Gasteiger partial charge in [-0.1, -0.05) is 58.0 Å². The zero-order valence-electron chi connectivity index (χ0n) is 36.9. The summed E-state index contributed by atoms with van der Waals surface area (Å²) < 4.78 is 42.6. The normalized spacial score (nSPS) is 50.6. The maximum Gasteiger partial charge on any atom is 0.407 e. The van der Waals surface area contributed by atoms with E-state index >= 15 is 0 Å². The van der Waals surface area contributed by atoms with Gasteiger partial charge in [0, 0.05) is 31.2 Å². The van der Waals surface area contributed by atoms with Crippen LogP contribution in [0.2, 0.25) is 0 Å². The number of rotatable bonds is 9. The molecular formula is C47H69NO15. The third kappa shape index (κ3) is 8.09. The van der Waals surface area contributed by atoms with Crippen LogP contribution in [0, 0.1) is 52.3 Å². The van der Waals surface area contributed by atoms with E-state index in [-0.39, 0.29) is 47.3 Å². The van der Waals surface area contributed by atoms with Crippen molar-refractivity contribution in [3.8, 4) is 0 Å². The van der Waals surface area contributed by atoms with Crippen LogP contribution < -0.4 is 5.32 Å². The van der Waals surface area contributed by atoms with Crippen LogP contribution in [0.3, 0.4) is 0 Å². The smallest absolute Gasteiger partial charge is 0.407 e. The van der Waals surface area contributed by atoms with E-state index in [9.17, 15) is 40.2 Å². The van der Waals surface area contributed by atoms with Crippen LogP contribution in [-0.2, 0) is 44.5 Å². The van der Waals surface area contributed by atoms with Crippen LogP contribution in [0.25, 0.3) is 0 Å². The van der Waals surface area contributed by atoms with Crippen molar-refractivity contribution in [3.63, 3.8) is 0 Å².